The SMILES string of the molecule is c1cc(C2CCCC3CCCN32)ccc1OCCCC1CCCNC1. The molecule has 0 radical (unpaired) electrons. The molecule has 3 unspecified atom stereocenters. The van der Waals surface area contributed by atoms with Gasteiger partial charge in [-0.3, -0.25) is 4.90 Å². The number of piperidine rings is 2. The van der Waals surface area contributed by atoms with Crippen LogP contribution < -0.4 is 10.1 Å². The molecule has 3 atom stereocenters. The summed E-state index contributed by atoms with van der Waals surface area (Å²) in [5, 5.41) is 3.50. The number of ether oxygens (including phenoxy) is 1. The number of benzene rings is 1. The van der Waals surface area contributed by atoms with E-state index in [9.17, 15) is 0 Å². The third kappa shape index (κ3) is 4.38. The second-order valence-corrected chi connectivity index (χ2v) is 8.25. The van der Waals surface area contributed by atoms with Crippen LogP contribution in [0.3, 0.4) is 0 Å². The molecule has 1 aromatic rings. The molecule has 3 heteroatoms. The number of nitrogens with zero attached hydrogens (tertiary/aromatic N) is 1. The Morgan fingerprint density at radius 2 is 1.88 bits per heavy atom. The summed E-state index contributed by atoms with van der Waals surface area (Å²) in [6.45, 7) is 4.56. The van der Waals surface area contributed by atoms with Gasteiger partial charge in [-0.05, 0) is 101 Å². The maximum absolute atomic E-state index is 5.99. The first-order chi connectivity index (χ1) is 12.4. The molecule has 3 saturated heterocycles. The molecule has 0 spiro atoms. The molecule has 3 aliphatic heterocycles. The minimum atomic E-state index is 0.647. The van der Waals surface area contributed by atoms with E-state index in [1.807, 2.05) is 0 Å². The fraction of sp³-hybridized carbons (Fsp3) is 0.727. The van der Waals surface area contributed by atoms with Crippen molar-refractivity contribution in [3.63, 3.8) is 0 Å². The van der Waals surface area contributed by atoms with E-state index >= 15 is 0 Å². The van der Waals surface area contributed by atoms with Crippen LogP contribution in [-0.2, 0) is 0 Å². The van der Waals surface area contributed by atoms with Crippen LogP contribution in [0.2, 0.25) is 0 Å². The lowest BCUT2D eigenvalue weighted by Crippen LogP contribution is -2.37. The largest absolute Gasteiger partial charge is 0.494 e. The summed E-state index contributed by atoms with van der Waals surface area (Å²) < 4.78 is 5.99. The van der Waals surface area contributed by atoms with Gasteiger partial charge < -0.3 is 10.1 Å². The van der Waals surface area contributed by atoms with Crippen molar-refractivity contribution in [2.75, 3.05) is 26.2 Å². The van der Waals surface area contributed by atoms with Crippen molar-refractivity contribution < 1.29 is 4.74 Å². The summed E-state index contributed by atoms with van der Waals surface area (Å²) in [5.41, 5.74) is 1.49. The van der Waals surface area contributed by atoms with Crippen LogP contribution in [0.15, 0.2) is 24.3 Å². The molecule has 3 nitrogen and oxygen atoms in total. The van der Waals surface area contributed by atoms with Gasteiger partial charge in [0.2, 0.25) is 0 Å². The Morgan fingerprint density at radius 3 is 2.72 bits per heavy atom. The Morgan fingerprint density at radius 1 is 1.00 bits per heavy atom. The molecule has 1 aromatic carbocycles. The molecule has 138 valence electrons. The maximum atomic E-state index is 5.99. The zero-order valence-corrected chi connectivity index (χ0v) is 15.6. The maximum Gasteiger partial charge on any atom is 0.119 e. The van der Waals surface area contributed by atoms with Crippen LogP contribution in [0, 0.1) is 5.92 Å². The van der Waals surface area contributed by atoms with Gasteiger partial charge in [-0.25, -0.2) is 0 Å². The Labute approximate surface area is 153 Å². The average molecular weight is 343 g/mol. The molecule has 3 fully saturated rings. The molecule has 0 amide bonds. The summed E-state index contributed by atoms with van der Waals surface area (Å²) in [6.07, 6.45) is 12.1. The zero-order chi connectivity index (χ0) is 16.9. The van der Waals surface area contributed by atoms with E-state index in [4.69, 9.17) is 4.74 Å². The molecule has 0 aromatic heterocycles. The van der Waals surface area contributed by atoms with E-state index in [-0.39, 0.29) is 0 Å². The topological polar surface area (TPSA) is 24.5 Å². The number of rotatable bonds is 6. The first-order valence-corrected chi connectivity index (χ1v) is 10.6. The van der Waals surface area contributed by atoms with Crippen molar-refractivity contribution in [1.82, 2.24) is 10.2 Å². The molecule has 3 heterocycles. The van der Waals surface area contributed by atoms with Crippen LogP contribution in [0.25, 0.3) is 0 Å². The second kappa shape index (κ2) is 8.55. The fourth-order valence-electron chi connectivity index (χ4n) is 5.17. The Hall–Kier alpha value is -1.06. The fourth-order valence-corrected chi connectivity index (χ4v) is 5.17. The van der Waals surface area contributed by atoms with Gasteiger partial charge >= 0.3 is 0 Å². The van der Waals surface area contributed by atoms with Gasteiger partial charge in [0.05, 0.1) is 6.61 Å². The van der Waals surface area contributed by atoms with Gasteiger partial charge in [0.15, 0.2) is 0 Å². The van der Waals surface area contributed by atoms with E-state index in [0.29, 0.717) is 6.04 Å². The summed E-state index contributed by atoms with van der Waals surface area (Å²) >= 11 is 0. The molecule has 4 rings (SSSR count). The van der Waals surface area contributed by atoms with Gasteiger partial charge in [-0.1, -0.05) is 12.1 Å². The third-order valence-corrected chi connectivity index (χ3v) is 6.53. The number of nitrogens with one attached hydrogen (secondary N) is 1. The first-order valence-electron chi connectivity index (χ1n) is 10.6. The third-order valence-electron chi connectivity index (χ3n) is 6.53. The van der Waals surface area contributed by atoms with Crippen LogP contribution in [-0.4, -0.2) is 37.2 Å². The van der Waals surface area contributed by atoms with Crippen LogP contribution >= 0.6 is 0 Å². The van der Waals surface area contributed by atoms with Crippen molar-refractivity contribution in [2.24, 2.45) is 5.92 Å². The highest BCUT2D eigenvalue weighted by Gasteiger charge is 2.34. The first kappa shape index (κ1) is 17.4. The summed E-state index contributed by atoms with van der Waals surface area (Å²) in [4.78, 5) is 2.76. The molecular formula is C22H34N2O. The Balaban J connectivity index is 1.24. The summed E-state index contributed by atoms with van der Waals surface area (Å²) in [7, 11) is 0. The molecule has 0 saturated carbocycles. The molecule has 1 N–H and O–H groups in total. The molecule has 3 aliphatic rings. The highest BCUT2D eigenvalue weighted by Crippen LogP contribution is 2.39. The lowest BCUT2D eigenvalue weighted by Gasteiger charge is -2.38. The van der Waals surface area contributed by atoms with E-state index < -0.39 is 0 Å². The highest BCUT2D eigenvalue weighted by atomic mass is 16.5. The van der Waals surface area contributed by atoms with E-state index in [1.165, 1.54) is 83.0 Å². The predicted molar refractivity (Wildman–Crippen MR) is 103 cm³/mol. The van der Waals surface area contributed by atoms with Crippen molar-refractivity contribution in [3.05, 3.63) is 29.8 Å². The van der Waals surface area contributed by atoms with Gasteiger partial charge in [0.25, 0.3) is 0 Å². The number of hydrogen-bond acceptors (Lipinski definition) is 3. The van der Waals surface area contributed by atoms with E-state index in [2.05, 4.69) is 34.5 Å². The van der Waals surface area contributed by atoms with Crippen LogP contribution in [0.5, 0.6) is 5.75 Å². The van der Waals surface area contributed by atoms with Crippen LogP contribution in [0.1, 0.15) is 69.4 Å². The Kier molecular flexibility index (Phi) is 5.94. The number of fused-ring (bicyclic) bond motifs is 1. The Bertz CT molecular complexity index is 523. The zero-order valence-electron chi connectivity index (χ0n) is 15.6. The van der Waals surface area contributed by atoms with E-state index in [0.717, 1.165) is 24.3 Å². The van der Waals surface area contributed by atoms with Gasteiger partial charge in [-0.15, -0.1) is 0 Å². The minimum absolute atomic E-state index is 0.647. The normalized spacial score (nSPS) is 30.2. The molecular weight excluding hydrogens is 308 g/mol. The quantitative estimate of drug-likeness (QED) is 0.769. The smallest absolute Gasteiger partial charge is 0.119 e. The minimum Gasteiger partial charge on any atom is -0.494 e. The lowest BCUT2D eigenvalue weighted by molar-refractivity contribution is 0.123. The van der Waals surface area contributed by atoms with Gasteiger partial charge in [0.1, 0.15) is 5.75 Å². The number of hydrogen-bond donors (Lipinski definition) is 1. The molecule has 25 heavy (non-hydrogen) atoms. The molecule has 0 bridgehead atoms. The van der Waals surface area contributed by atoms with Gasteiger partial charge in [0, 0.05) is 12.1 Å². The lowest BCUT2D eigenvalue weighted by atomic mass is 9.92. The van der Waals surface area contributed by atoms with Crippen molar-refractivity contribution in [1.29, 1.82) is 0 Å². The van der Waals surface area contributed by atoms with E-state index in [1.54, 1.807) is 0 Å². The average Bonchev–Trinajstić information content (AvgIpc) is 3.15. The van der Waals surface area contributed by atoms with Gasteiger partial charge in [-0.2, -0.15) is 0 Å². The van der Waals surface area contributed by atoms with Crippen molar-refractivity contribution in [2.45, 2.75) is 69.9 Å². The predicted octanol–water partition coefficient (Wildman–Crippen LogP) is 4.53. The molecule has 0 aliphatic carbocycles. The highest BCUT2D eigenvalue weighted by molar-refractivity contribution is 5.29. The second-order valence-electron chi connectivity index (χ2n) is 8.25. The van der Waals surface area contributed by atoms with Crippen molar-refractivity contribution >= 4 is 0 Å². The standard InChI is InChI=1S/C22H34N2O/c1-7-20-8-3-15-24(20)22(9-1)19-10-12-21(13-11-19)25-16-4-6-18-5-2-14-23-17-18/h10-13,18,20,22-23H,1-9,14-17H2. The van der Waals surface area contributed by atoms with Crippen LogP contribution in [0.4, 0.5) is 0 Å². The summed E-state index contributed by atoms with van der Waals surface area (Å²) in [5.74, 6) is 1.90. The summed E-state index contributed by atoms with van der Waals surface area (Å²) in [6, 6.07) is 10.5. The monoisotopic (exact) mass is 342 g/mol. The van der Waals surface area contributed by atoms with Crippen molar-refractivity contribution in [3.8, 4) is 5.75 Å².